The van der Waals surface area contributed by atoms with E-state index in [9.17, 15) is 9.59 Å². The van der Waals surface area contributed by atoms with Gasteiger partial charge in [-0.1, -0.05) is 25.3 Å². The van der Waals surface area contributed by atoms with Crippen LogP contribution in [0.4, 0.5) is 0 Å². The van der Waals surface area contributed by atoms with Crippen LogP contribution in [-0.2, 0) is 21.5 Å². The molecule has 24 heavy (non-hydrogen) atoms. The predicted octanol–water partition coefficient (Wildman–Crippen LogP) is 3.44. The molecular weight excluding hydrogens is 340 g/mol. The van der Waals surface area contributed by atoms with Gasteiger partial charge in [-0.2, -0.15) is 11.3 Å². The fourth-order valence-electron chi connectivity index (χ4n) is 3.30. The van der Waals surface area contributed by atoms with Crippen LogP contribution in [0.5, 0.6) is 0 Å². The molecule has 0 atom stereocenters. The number of hydrogen-bond donors (Lipinski definition) is 2. The van der Waals surface area contributed by atoms with E-state index in [1.165, 1.54) is 24.1 Å². The molecule has 0 aliphatic heterocycles. The van der Waals surface area contributed by atoms with Crippen LogP contribution in [0.25, 0.3) is 0 Å². The minimum absolute atomic E-state index is 0.00425. The van der Waals surface area contributed by atoms with E-state index in [1.54, 1.807) is 22.7 Å². The molecule has 0 unspecified atom stereocenters. The highest BCUT2D eigenvalue weighted by Gasteiger charge is 2.35. The molecule has 2 amide bonds. The van der Waals surface area contributed by atoms with E-state index in [2.05, 4.69) is 28.1 Å². The number of hydrogen-bond acceptors (Lipinski definition) is 4. The summed E-state index contributed by atoms with van der Waals surface area (Å²) in [5, 5.41) is 11.6. The molecule has 1 fully saturated rings. The van der Waals surface area contributed by atoms with Gasteiger partial charge in [0.15, 0.2) is 0 Å². The third kappa shape index (κ3) is 4.05. The molecular formula is C18H22N2O2S2. The first-order valence-corrected chi connectivity index (χ1v) is 10.1. The number of rotatable bonds is 5. The maximum absolute atomic E-state index is 12.1. The number of nitrogens with one attached hydrogen (secondary N) is 2. The van der Waals surface area contributed by atoms with Crippen molar-refractivity contribution in [1.29, 1.82) is 0 Å². The monoisotopic (exact) mass is 362 g/mol. The Balaban J connectivity index is 1.56. The predicted molar refractivity (Wildman–Crippen MR) is 98.3 cm³/mol. The molecule has 2 aromatic rings. The first kappa shape index (κ1) is 17.2. The molecule has 3 rings (SSSR count). The summed E-state index contributed by atoms with van der Waals surface area (Å²) in [5.74, 6) is -1.09. The second-order valence-corrected chi connectivity index (χ2v) is 8.04. The van der Waals surface area contributed by atoms with Crippen molar-refractivity contribution in [3.63, 3.8) is 0 Å². The summed E-state index contributed by atoms with van der Waals surface area (Å²) in [7, 11) is 0. The Morgan fingerprint density at radius 3 is 2.50 bits per heavy atom. The van der Waals surface area contributed by atoms with Crippen LogP contribution in [0.15, 0.2) is 34.3 Å². The summed E-state index contributed by atoms with van der Waals surface area (Å²) in [6.45, 7) is 0.935. The van der Waals surface area contributed by atoms with Gasteiger partial charge in [0.25, 0.3) is 0 Å². The Labute approximate surface area is 150 Å². The third-order valence-electron chi connectivity index (χ3n) is 4.68. The molecule has 0 radical (unpaired) electrons. The van der Waals surface area contributed by atoms with Gasteiger partial charge in [-0.3, -0.25) is 9.59 Å². The Morgan fingerprint density at radius 2 is 1.83 bits per heavy atom. The van der Waals surface area contributed by atoms with Gasteiger partial charge < -0.3 is 10.6 Å². The SMILES string of the molecule is O=C(NCc1ccsc1)C(=O)NCC1(c2cccs2)CCCCC1. The highest BCUT2D eigenvalue weighted by molar-refractivity contribution is 7.10. The molecule has 6 heteroatoms. The normalized spacial score (nSPS) is 16.5. The van der Waals surface area contributed by atoms with Crippen molar-refractivity contribution in [1.82, 2.24) is 10.6 Å². The zero-order valence-corrected chi connectivity index (χ0v) is 15.2. The van der Waals surface area contributed by atoms with Crippen LogP contribution >= 0.6 is 22.7 Å². The molecule has 1 saturated carbocycles. The second kappa shape index (κ2) is 7.94. The van der Waals surface area contributed by atoms with Crippen molar-refractivity contribution >= 4 is 34.5 Å². The van der Waals surface area contributed by atoms with Crippen molar-refractivity contribution in [2.75, 3.05) is 6.54 Å². The van der Waals surface area contributed by atoms with Crippen molar-refractivity contribution in [3.05, 3.63) is 44.8 Å². The Hall–Kier alpha value is -1.66. The van der Waals surface area contributed by atoms with E-state index in [0.29, 0.717) is 13.1 Å². The van der Waals surface area contributed by atoms with E-state index < -0.39 is 11.8 Å². The first-order chi connectivity index (χ1) is 11.7. The lowest BCUT2D eigenvalue weighted by Crippen LogP contribution is -2.46. The molecule has 2 heterocycles. The van der Waals surface area contributed by atoms with Gasteiger partial charge in [0.05, 0.1) is 0 Å². The van der Waals surface area contributed by atoms with Crippen LogP contribution in [0.3, 0.4) is 0 Å². The number of amides is 2. The molecule has 0 spiro atoms. The van der Waals surface area contributed by atoms with Gasteiger partial charge >= 0.3 is 11.8 Å². The van der Waals surface area contributed by atoms with Crippen LogP contribution in [0.1, 0.15) is 42.5 Å². The lowest BCUT2D eigenvalue weighted by atomic mass is 9.73. The van der Waals surface area contributed by atoms with Gasteiger partial charge in [-0.15, -0.1) is 11.3 Å². The van der Waals surface area contributed by atoms with Gasteiger partial charge in [0.2, 0.25) is 0 Å². The van der Waals surface area contributed by atoms with Gasteiger partial charge in [0, 0.05) is 23.4 Å². The summed E-state index contributed by atoms with van der Waals surface area (Å²) in [5.41, 5.74) is 1.01. The zero-order valence-electron chi connectivity index (χ0n) is 13.5. The van der Waals surface area contributed by atoms with E-state index in [4.69, 9.17) is 0 Å². The summed E-state index contributed by atoms with van der Waals surface area (Å²) in [6.07, 6.45) is 5.76. The molecule has 2 N–H and O–H groups in total. The Bertz CT molecular complexity index is 659. The van der Waals surface area contributed by atoms with Gasteiger partial charge in [0.1, 0.15) is 0 Å². The third-order valence-corrected chi connectivity index (χ3v) is 6.53. The summed E-state index contributed by atoms with van der Waals surface area (Å²) in [4.78, 5) is 25.4. The van der Waals surface area contributed by atoms with Crippen LogP contribution in [0, 0.1) is 0 Å². The minimum Gasteiger partial charge on any atom is -0.347 e. The van der Waals surface area contributed by atoms with E-state index in [0.717, 1.165) is 18.4 Å². The molecule has 0 bridgehead atoms. The fraction of sp³-hybridized carbons (Fsp3) is 0.444. The van der Waals surface area contributed by atoms with Crippen molar-refractivity contribution in [3.8, 4) is 0 Å². The molecule has 128 valence electrons. The van der Waals surface area contributed by atoms with Crippen molar-refractivity contribution in [2.24, 2.45) is 0 Å². The van der Waals surface area contributed by atoms with Crippen LogP contribution in [0.2, 0.25) is 0 Å². The lowest BCUT2D eigenvalue weighted by molar-refractivity contribution is -0.139. The lowest BCUT2D eigenvalue weighted by Gasteiger charge is -2.36. The molecule has 0 saturated heterocycles. The Kier molecular flexibility index (Phi) is 5.68. The van der Waals surface area contributed by atoms with Gasteiger partial charge in [-0.25, -0.2) is 0 Å². The minimum atomic E-state index is -0.557. The average molecular weight is 363 g/mol. The maximum atomic E-state index is 12.1. The molecule has 1 aliphatic carbocycles. The number of thiophene rings is 2. The van der Waals surface area contributed by atoms with Crippen molar-refractivity contribution in [2.45, 2.75) is 44.1 Å². The average Bonchev–Trinajstić information content (AvgIpc) is 3.32. The molecule has 2 aromatic heterocycles. The van der Waals surface area contributed by atoms with Crippen molar-refractivity contribution < 1.29 is 9.59 Å². The molecule has 4 nitrogen and oxygen atoms in total. The maximum Gasteiger partial charge on any atom is 0.309 e. The smallest absolute Gasteiger partial charge is 0.309 e. The molecule has 1 aliphatic rings. The largest absolute Gasteiger partial charge is 0.347 e. The quantitative estimate of drug-likeness (QED) is 0.801. The highest BCUT2D eigenvalue weighted by atomic mass is 32.1. The van der Waals surface area contributed by atoms with E-state index >= 15 is 0 Å². The standard InChI is InChI=1S/C18H22N2O2S2/c21-16(19-11-14-6-10-23-12-14)17(22)20-13-18(7-2-1-3-8-18)15-5-4-9-24-15/h4-6,9-10,12H,1-3,7-8,11,13H2,(H,19,21)(H,20,22). The topological polar surface area (TPSA) is 58.2 Å². The highest BCUT2D eigenvalue weighted by Crippen LogP contribution is 2.41. The number of carbonyl (C=O) groups excluding carboxylic acids is 2. The van der Waals surface area contributed by atoms with Crippen LogP contribution < -0.4 is 10.6 Å². The number of carbonyl (C=O) groups is 2. The van der Waals surface area contributed by atoms with Gasteiger partial charge in [-0.05, 0) is 46.7 Å². The first-order valence-electron chi connectivity index (χ1n) is 8.31. The Morgan fingerprint density at radius 1 is 1.04 bits per heavy atom. The zero-order chi connectivity index (χ0) is 16.8. The molecule has 0 aromatic carbocycles. The summed E-state index contributed by atoms with van der Waals surface area (Å²) < 4.78 is 0. The summed E-state index contributed by atoms with van der Waals surface area (Å²) >= 11 is 3.32. The summed E-state index contributed by atoms with van der Waals surface area (Å²) in [6, 6.07) is 6.15. The second-order valence-electron chi connectivity index (χ2n) is 6.32. The fourth-order valence-corrected chi connectivity index (χ4v) is 4.96. The van der Waals surface area contributed by atoms with E-state index in [1.807, 2.05) is 16.8 Å². The van der Waals surface area contributed by atoms with Crippen LogP contribution in [-0.4, -0.2) is 18.4 Å². The van der Waals surface area contributed by atoms with E-state index in [-0.39, 0.29) is 5.41 Å².